The number of aliphatic hydroxyl groups is 4. The van der Waals surface area contributed by atoms with E-state index < -0.39 is 59.8 Å². The second-order valence-corrected chi connectivity index (χ2v) is 9.24. The Balaban J connectivity index is 0.000000512. The molecule has 2 amide bonds. The van der Waals surface area contributed by atoms with Crippen molar-refractivity contribution in [3.8, 4) is 0 Å². The number of hydrogen-bond acceptors (Lipinski definition) is 10. The van der Waals surface area contributed by atoms with Crippen LogP contribution < -0.4 is 11.1 Å². The van der Waals surface area contributed by atoms with Crippen LogP contribution in [0.4, 0.5) is 4.79 Å². The number of pyridine rings is 1. The van der Waals surface area contributed by atoms with Crippen LogP contribution in [0.25, 0.3) is 0 Å². The lowest BCUT2D eigenvalue weighted by Crippen LogP contribution is -2.46. The van der Waals surface area contributed by atoms with E-state index in [1.165, 1.54) is 6.20 Å². The van der Waals surface area contributed by atoms with Gasteiger partial charge in [0.1, 0.15) is 23.9 Å². The van der Waals surface area contributed by atoms with Gasteiger partial charge in [-0.1, -0.05) is 25.4 Å². The van der Waals surface area contributed by atoms with E-state index in [0.29, 0.717) is 5.56 Å². The quantitative estimate of drug-likeness (QED) is 0.250. The van der Waals surface area contributed by atoms with Crippen molar-refractivity contribution in [2.75, 3.05) is 6.61 Å². The molecule has 14 heteroatoms. The Morgan fingerprint density at radius 1 is 1.31 bits per heavy atom. The third kappa shape index (κ3) is 12.1. The second kappa shape index (κ2) is 14.1. The van der Waals surface area contributed by atoms with Crippen LogP contribution in [0.3, 0.4) is 0 Å². The summed E-state index contributed by atoms with van der Waals surface area (Å²) in [5.41, 5.74) is 4.76. The largest absolute Gasteiger partial charge is 0.480 e. The Kier molecular flexibility index (Phi) is 13.1. The zero-order valence-electron chi connectivity index (χ0n) is 20.1. The first-order valence-corrected chi connectivity index (χ1v) is 10.8. The SMILES string of the molecule is CC(C)[C@H](NC(=O)OC(C)(C)C)C(=O)O.NC(=O)c1cccnc1.OC[C@H]1OC(O)(Cl)[C@H](O)[C@@H]1O. The number of nitrogens with zero attached hydrogens (tertiary/aromatic N) is 1. The van der Waals surface area contributed by atoms with Crippen molar-refractivity contribution in [2.45, 2.75) is 69.8 Å². The number of aromatic nitrogens is 1. The molecular weight excluding hydrogens is 490 g/mol. The maximum Gasteiger partial charge on any atom is 0.408 e. The van der Waals surface area contributed by atoms with E-state index in [9.17, 15) is 14.4 Å². The number of carbonyl (C=O) groups excluding carboxylic acids is 2. The molecule has 0 aliphatic carbocycles. The summed E-state index contributed by atoms with van der Waals surface area (Å²) >= 11 is 5.20. The first-order chi connectivity index (χ1) is 15.9. The molecule has 1 aromatic rings. The normalized spacial score (nSPS) is 24.3. The molecule has 200 valence electrons. The summed E-state index contributed by atoms with van der Waals surface area (Å²) in [7, 11) is 0. The minimum absolute atomic E-state index is 0.185. The van der Waals surface area contributed by atoms with E-state index in [1.54, 1.807) is 52.9 Å². The van der Waals surface area contributed by atoms with Gasteiger partial charge in [0.05, 0.1) is 12.2 Å². The Bertz CT molecular complexity index is 817. The van der Waals surface area contributed by atoms with Crippen LogP contribution in [0.1, 0.15) is 45.0 Å². The molecule has 1 saturated heterocycles. The fourth-order valence-corrected chi connectivity index (χ4v) is 2.61. The smallest absolute Gasteiger partial charge is 0.408 e. The highest BCUT2D eigenvalue weighted by atomic mass is 35.5. The lowest BCUT2D eigenvalue weighted by Gasteiger charge is -2.23. The number of nitrogens with one attached hydrogen (secondary N) is 1. The van der Waals surface area contributed by atoms with Gasteiger partial charge in [-0.3, -0.25) is 9.78 Å². The third-order valence-electron chi connectivity index (χ3n) is 4.12. The van der Waals surface area contributed by atoms with E-state index in [-0.39, 0.29) is 5.92 Å². The van der Waals surface area contributed by atoms with Gasteiger partial charge >= 0.3 is 12.1 Å². The monoisotopic (exact) mass is 523 g/mol. The van der Waals surface area contributed by atoms with E-state index >= 15 is 0 Å². The Morgan fingerprint density at radius 2 is 1.89 bits per heavy atom. The van der Waals surface area contributed by atoms with Crippen LogP contribution in [0.2, 0.25) is 0 Å². The van der Waals surface area contributed by atoms with Crippen molar-refractivity contribution in [1.29, 1.82) is 0 Å². The van der Waals surface area contributed by atoms with Gasteiger partial charge in [-0.25, -0.2) is 9.59 Å². The molecular formula is C21H34ClN3O10. The summed E-state index contributed by atoms with van der Waals surface area (Å²) in [6.07, 6.45) is -1.67. The molecule has 0 radical (unpaired) electrons. The van der Waals surface area contributed by atoms with E-state index in [1.807, 2.05) is 0 Å². The molecule has 35 heavy (non-hydrogen) atoms. The first kappa shape index (κ1) is 32.5. The lowest BCUT2D eigenvalue weighted by molar-refractivity contribution is -0.169. The van der Waals surface area contributed by atoms with Crippen molar-refractivity contribution >= 4 is 29.6 Å². The Morgan fingerprint density at radius 3 is 2.14 bits per heavy atom. The molecule has 13 nitrogen and oxygen atoms in total. The van der Waals surface area contributed by atoms with Crippen molar-refractivity contribution in [1.82, 2.24) is 10.3 Å². The number of hydrogen-bond donors (Lipinski definition) is 7. The summed E-state index contributed by atoms with van der Waals surface area (Å²) in [6.45, 7) is 8.09. The zero-order chi connectivity index (χ0) is 27.6. The van der Waals surface area contributed by atoms with Gasteiger partial charge in [-0.15, -0.1) is 0 Å². The molecule has 0 bridgehead atoms. The summed E-state index contributed by atoms with van der Waals surface area (Å²) in [6, 6.07) is 2.37. The van der Waals surface area contributed by atoms with Crippen LogP contribution >= 0.6 is 11.6 Å². The van der Waals surface area contributed by atoms with Gasteiger partial charge in [0.2, 0.25) is 5.91 Å². The number of ether oxygens (including phenoxy) is 2. The number of alkyl carbamates (subject to hydrolysis) is 1. The fourth-order valence-electron chi connectivity index (χ4n) is 2.37. The highest BCUT2D eigenvalue weighted by Crippen LogP contribution is 2.31. The van der Waals surface area contributed by atoms with Crippen LogP contribution in [0.5, 0.6) is 0 Å². The van der Waals surface area contributed by atoms with Gasteiger partial charge < -0.3 is 46.1 Å². The molecule has 0 saturated carbocycles. The average Bonchev–Trinajstić information content (AvgIpc) is 2.94. The lowest BCUT2D eigenvalue weighted by atomic mass is 10.1. The van der Waals surface area contributed by atoms with Crippen LogP contribution in [0.15, 0.2) is 24.5 Å². The molecule has 2 rings (SSSR count). The number of aliphatic hydroxyl groups excluding tert-OH is 3. The molecule has 5 atom stereocenters. The average molecular weight is 524 g/mol. The van der Waals surface area contributed by atoms with E-state index in [4.69, 9.17) is 47.6 Å². The summed E-state index contributed by atoms with van der Waals surface area (Å²) < 4.78 is 9.45. The molecule has 1 unspecified atom stereocenters. The summed E-state index contributed by atoms with van der Waals surface area (Å²) in [5, 5.41) is 44.3. The fraction of sp³-hybridized carbons (Fsp3) is 0.619. The van der Waals surface area contributed by atoms with Crippen LogP contribution in [-0.2, 0) is 14.3 Å². The zero-order valence-corrected chi connectivity index (χ0v) is 20.8. The second-order valence-electron chi connectivity index (χ2n) is 8.70. The van der Waals surface area contributed by atoms with Gasteiger partial charge in [0.15, 0.2) is 6.10 Å². The molecule has 2 heterocycles. The number of carboxylic acid groups (broad SMARTS) is 1. The minimum Gasteiger partial charge on any atom is -0.480 e. The number of carboxylic acids is 1. The van der Waals surface area contributed by atoms with Crippen LogP contribution in [0, 0.1) is 5.92 Å². The number of primary amides is 1. The van der Waals surface area contributed by atoms with E-state index in [0.717, 1.165) is 0 Å². The summed E-state index contributed by atoms with van der Waals surface area (Å²) in [5.74, 6) is -1.69. The van der Waals surface area contributed by atoms with Crippen LogP contribution in [-0.4, -0.2) is 90.3 Å². The molecule has 1 fully saturated rings. The van der Waals surface area contributed by atoms with Gasteiger partial charge in [0, 0.05) is 12.4 Å². The molecule has 1 aliphatic rings. The molecule has 0 spiro atoms. The van der Waals surface area contributed by atoms with Crippen molar-refractivity contribution in [2.24, 2.45) is 11.7 Å². The van der Waals surface area contributed by atoms with Crippen molar-refractivity contribution < 1.29 is 49.4 Å². The maximum atomic E-state index is 11.3. The standard InChI is InChI=1S/C10H19NO4.C6H6N2O.C5H9ClO5/c1-6(2)7(8(12)13)11-9(14)15-10(3,4)5;7-6(9)5-2-1-3-8-4-5;6-5(10)4(9)3(8)2(1-7)11-5/h6-7H,1-5H3,(H,11,14)(H,12,13);1-4H,(H2,7,9);2-4,7-10H,1H2/t7-;;2-,3-,4-,5?/m0.1/s1. The number of alkyl halides is 1. The number of aliphatic carboxylic acids is 1. The molecule has 0 aromatic carbocycles. The van der Waals surface area contributed by atoms with Gasteiger partial charge in [-0.2, -0.15) is 0 Å². The summed E-state index contributed by atoms with van der Waals surface area (Å²) in [4.78, 5) is 36.1. The van der Waals surface area contributed by atoms with Crippen molar-refractivity contribution in [3.05, 3.63) is 30.1 Å². The predicted octanol–water partition coefficient (Wildman–Crippen LogP) is -0.215. The number of halogens is 1. The first-order valence-electron chi connectivity index (χ1n) is 10.4. The van der Waals surface area contributed by atoms with Crippen molar-refractivity contribution in [3.63, 3.8) is 0 Å². The molecule has 1 aromatic heterocycles. The molecule has 8 N–H and O–H groups in total. The molecule has 1 aliphatic heterocycles. The maximum absolute atomic E-state index is 11.3. The number of amides is 2. The third-order valence-corrected chi connectivity index (χ3v) is 4.43. The highest BCUT2D eigenvalue weighted by Gasteiger charge is 2.52. The number of rotatable bonds is 5. The highest BCUT2D eigenvalue weighted by molar-refractivity contribution is 6.22. The number of carbonyl (C=O) groups is 3. The predicted molar refractivity (Wildman–Crippen MR) is 123 cm³/mol. The van der Waals surface area contributed by atoms with Gasteiger partial charge in [-0.05, 0) is 38.8 Å². The van der Waals surface area contributed by atoms with Gasteiger partial charge in [0.25, 0.3) is 5.25 Å². The minimum atomic E-state index is -2.28. The topological polar surface area (TPSA) is 222 Å². The number of nitrogens with two attached hydrogens (primary N) is 1. The Labute approximate surface area is 207 Å². The van der Waals surface area contributed by atoms with E-state index in [2.05, 4.69) is 15.0 Å². The Hall–Kier alpha value is -2.55.